The van der Waals surface area contributed by atoms with Crippen molar-refractivity contribution in [3.05, 3.63) is 58.9 Å². The van der Waals surface area contributed by atoms with Gasteiger partial charge in [-0.25, -0.2) is 4.98 Å². The summed E-state index contributed by atoms with van der Waals surface area (Å²) in [6.45, 7) is 7.23. The van der Waals surface area contributed by atoms with Gasteiger partial charge in [-0.05, 0) is 24.5 Å². The summed E-state index contributed by atoms with van der Waals surface area (Å²) in [5.41, 5.74) is 1.90. The number of benzene rings is 1. The topological polar surface area (TPSA) is 73.2 Å². The van der Waals surface area contributed by atoms with Gasteiger partial charge < -0.3 is 10.1 Å². The van der Waals surface area contributed by atoms with E-state index >= 15 is 0 Å². The van der Waals surface area contributed by atoms with Crippen molar-refractivity contribution < 1.29 is 9.53 Å². The predicted molar refractivity (Wildman–Crippen MR) is 124 cm³/mol. The van der Waals surface area contributed by atoms with Crippen LogP contribution in [0.3, 0.4) is 0 Å². The summed E-state index contributed by atoms with van der Waals surface area (Å²) in [6, 6.07) is 9.99. The van der Waals surface area contributed by atoms with Gasteiger partial charge in [0.05, 0.1) is 11.1 Å². The molecule has 2 aromatic heterocycles. The lowest BCUT2D eigenvalue weighted by atomic mass is 10.1. The Labute approximate surface area is 184 Å². The molecule has 0 fully saturated rings. The minimum Gasteiger partial charge on any atom is -0.385 e. The minimum atomic E-state index is -0.0983. The van der Waals surface area contributed by atoms with E-state index < -0.39 is 0 Å². The number of methoxy groups -OCH3 is 1. The number of rotatable bonds is 10. The van der Waals surface area contributed by atoms with Gasteiger partial charge in [0, 0.05) is 31.7 Å². The van der Waals surface area contributed by atoms with Crippen LogP contribution in [-0.4, -0.2) is 41.5 Å². The molecule has 0 saturated heterocycles. The number of ether oxygens (including phenoxy) is 1. The van der Waals surface area contributed by atoms with Gasteiger partial charge in [-0.1, -0.05) is 48.2 Å². The molecule has 6 nitrogen and oxygen atoms in total. The van der Waals surface area contributed by atoms with E-state index in [9.17, 15) is 9.59 Å². The van der Waals surface area contributed by atoms with Crippen molar-refractivity contribution >= 4 is 39.2 Å². The van der Waals surface area contributed by atoms with Crippen LogP contribution in [-0.2, 0) is 16.1 Å². The molecule has 0 aliphatic rings. The highest BCUT2D eigenvalue weighted by Gasteiger charge is 2.19. The van der Waals surface area contributed by atoms with Gasteiger partial charge in [-0.2, -0.15) is 0 Å². The Morgan fingerprint density at radius 2 is 2.13 bits per heavy atom. The molecular formula is C22H25N3O3S2. The van der Waals surface area contributed by atoms with Gasteiger partial charge in [-0.15, -0.1) is 17.9 Å². The number of aromatic nitrogens is 2. The molecule has 0 atom stereocenters. The maximum Gasteiger partial charge on any atom is 0.263 e. The van der Waals surface area contributed by atoms with Crippen molar-refractivity contribution in [1.29, 1.82) is 0 Å². The number of fused-ring (bicyclic) bond motifs is 1. The third-order valence-corrected chi connectivity index (χ3v) is 6.75. The first-order valence-electron chi connectivity index (χ1n) is 9.65. The number of allylic oxidation sites excluding steroid dienone is 1. The molecule has 0 spiro atoms. The largest absolute Gasteiger partial charge is 0.385 e. The fourth-order valence-electron chi connectivity index (χ4n) is 3.09. The summed E-state index contributed by atoms with van der Waals surface area (Å²) < 4.78 is 6.57. The molecule has 30 heavy (non-hydrogen) atoms. The van der Waals surface area contributed by atoms with E-state index in [4.69, 9.17) is 9.72 Å². The second-order valence-electron chi connectivity index (χ2n) is 6.69. The first-order valence-corrected chi connectivity index (χ1v) is 11.5. The molecule has 0 aliphatic carbocycles. The van der Waals surface area contributed by atoms with Gasteiger partial charge in [0.1, 0.15) is 4.83 Å². The van der Waals surface area contributed by atoms with Gasteiger partial charge in [0.2, 0.25) is 5.91 Å². The van der Waals surface area contributed by atoms with E-state index in [1.165, 1.54) is 23.1 Å². The molecule has 1 N–H and O–H groups in total. The number of hydrogen-bond acceptors (Lipinski definition) is 6. The fourth-order valence-corrected chi connectivity index (χ4v) is 5.15. The normalized spacial score (nSPS) is 11.0. The predicted octanol–water partition coefficient (Wildman–Crippen LogP) is 3.86. The van der Waals surface area contributed by atoms with Crippen molar-refractivity contribution in [3.8, 4) is 10.4 Å². The highest BCUT2D eigenvalue weighted by Crippen LogP contribution is 2.36. The van der Waals surface area contributed by atoms with Crippen molar-refractivity contribution in [2.24, 2.45) is 0 Å². The second kappa shape index (κ2) is 10.6. The Morgan fingerprint density at radius 3 is 2.83 bits per heavy atom. The first-order chi connectivity index (χ1) is 14.6. The number of carbonyl (C=O) groups is 1. The lowest BCUT2D eigenvalue weighted by Crippen LogP contribution is -2.28. The number of nitrogens with zero attached hydrogens (tertiary/aromatic N) is 2. The standard InChI is InChI=1S/C22H25N3O3S2/c1-4-12-25-21(27)18-15(2)19(16-9-6-5-7-10-16)30-20(18)24-22(25)29-14-17(26)23-11-8-13-28-3/h4-7,9-10H,1,8,11-14H2,2-3H3,(H,23,26). The minimum absolute atomic E-state index is 0.0945. The number of thioether (sulfide) groups is 1. The molecule has 0 bridgehead atoms. The lowest BCUT2D eigenvalue weighted by molar-refractivity contribution is -0.118. The maximum absolute atomic E-state index is 13.2. The fraction of sp³-hybridized carbons (Fsp3) is 0.318. The van der Waals surface area contributed by atoms with Crippen LogP contribution in [0.15, 0.2) is 52.9 Å². The Morgan fingerprint density at radius 1 is 1.37 bits per heavy atom. The molecule has 1 aromatic carbocycles. The third-order valence-electron chi connectivity index (χ3n) is 4.54. The number of nitrogens with one attached hydrogen (secondary N) is 1. The molecule has 0 saturated carbocycles. The van der Waals surface area contributed by atoms with E-state index in [-0.39, 0.29) is 17.2 Å². The highest BCUT2D eigenvalue weighted by atomic mass is 32.2. The lowest BCUT2D eigenvalue weighted by Gasteiger charge is -2.10. The van der Waals surface area contributed by atoms with E-state index in [1.54, 1.807) is 17.8 Å². The quantitative estimate of drug-likeness (QED) is 0.223. The smallest absolute Gasteiger partial charge is 0.263 e. The maximum atomic E-state index is 13.2. The van der Waals surface area contributed by atoms with Crippen molar-refractivity contribution in [1.82, 2.24) is 14.9 Å². The summed E-state index contributed by atoms with van der Waals surface area (Å²) in [5.74, 6) is 0.0979. The van der Waals surface area contributed by atoms with Crippen LogP contribution in [0.5, 0.6) is 0 Å². The first kappa shape index (κ1) is 22.3. The van der Waals surface area contributed by atoms with E-state index in [2.05, 4.69) is 11.9 Å². The van der Waals surface area contributed by atoms with Gasteiger partial charge >= 0.3 is 0 Å². The van der Waals surface area contributed by atoms with Gasteiger partial charge in [0.15, 0.2) is 5.16 Å². The van der Waals surface area contributed by atoms with E-state index in [1.807, 2.05) is 37.3 Å². The van der Waals surface area contributed by atoms with E-state index in [0.29, 0.717) is 35.1 Å². The molecule has 0 radical (unpaired) electrons. The Kier molecular flexibility index (Phi) is 7.84. The van der Waals surface area contributed by atoms with Crippen molar-refractivity contribution in [2.45, 2.75) is 25.0 Å². The van der Waals surface area contributed by atoms with Crippen LogP contribution in [0.1, 0.15) is 12.0 Å². The molecule has 0 aliphatic heterocycles. The SMILES string of the molecule is C=CCn1c(SCC(=O)NCCCOC)nc2sc(-c3ccccc3)c(C)c2c1=O. The molecule has 0 unspecified atom stereocenters. The number of thiophene rings is 1. The molecule has 158 valence electrons. The van der Waals surface area contributed by atoms with Crippen LogP contribution in [0.25, 0.3) is 20.7 Å². The zero-order valence-corrected chi connectivity index (χ0v) is 18.8. The average molecular weight is 444 g/mol. The van der Waals surface area contributed by atoms with Crippen LogP contribution >= 0.6 is 23.1 Å². The van der Waals surface area contributed by atoms with Crippen molar-refractivity contribution in [2.75, 3.05) is 26.0 Å². The molecule has 1 amide bonds. The molecule has 8 heteroatoms. The second-order valence-corrected chi connectivity index (χ2v) is 8.63. The zero-order chi connectivity index (χ0) is 21.5. The van der Waals surface area contributed by atoms with Gasteiger partial charge in [-0.3, -0.25) is 14.2 Å². The highest BCUT2D eigenvalue weighted by molar-refractivity contribution is 7.99. The summed E-state index contributed by atoms with van der Waals surface area (Å²) in [4.78, 5) is 31.9. The van der Waals surface area contributed by atoms with Crippen LogP contribution in [0.2, 0.25) is 0 Å². The van der Waals surface area contributed by atoms with Crippen LogP contribution in [0, 0.1) is 6.92 Å². The summed E-state index contributed by atoms with van der Waals surface area (Å²) >= 11 is 2.77. The molecule has 2 heterocycles. The zero-order valence-electron chi connectivity index (χ0n) is 17.1. The summed E-state index contributed by atoms with van der Waals surface area (Å²) in [6.07, 6.45) is 2.43. The number of carbonyl (C=O) groups excluding carboxylic acids is 1. The average Bonchev–Trinajstić information content (AvgIpc) is 3.09. The molecule has 3 rings (SSSR count). The van der Waals surface area contributed by atoms with Crippen molar-refractivity contribution in [3.63, 3.8) is 0 Å². The monoisotopic (exact) mass is 443 g/mol. The third kappa shape index (κ3) is 5.00. The number of aryl methyl sites for hydroxylation is 1. The number of hydrogen-bond donors (Lipinski definition) is 1. The van der Waals surface area contributed by atoms with Crippen LogP contribution in [0.4, 0.5) is 0 Å². The summed E-state index contributed by atoms with van der Waals surface area (Å²) in [7, 11) is 1.63. The van der Waals surface area contributed by atoms with E-state index in [0.717, 1.165) is 22.4 Å². The van der Waals surface area contributed by atoms with Gasteiger partial charge in [0.25, 0.3) is 5.56 Å². The van der Waals surface area contributed by atoms with Crippen LogP contribution < -0.4 is 10.9 Å². The Balaban J connectivity index is 1.90. The summed E-state index contributed by atoms with van der Waals surface area (Å²) in [5, 5.41) is 4.01. The number of amides is 1. The Bertz CT molecular complexity index is 1090. The molecule has 3 aromatic rings. The Hall–Kier alpha value is -2.42. The molecular weight excluding hydrogens is 418 g/mol.